The Labute approximate surface area is 186 Å². The predicted octanol–water partition coefficient (Wildman–Crippen LogP) is 6.11. The molecule has 7 heteroatoms. The minimum atomic E-state index is -4.50. The van der Waals surface area contributed by atoms with E-state index in [-0.39, 0.29) is 23.2 Å². The largest absolute Gasteiger partial charge is 0.490 e. The molecule has 32 heavy (non-hydrogen) atoms. The molecule has 1 aliphatic carbocycles. The molecule has 0 bridgehead atoms. The van der Waals surface area contributed by atoms with Crippen LogP contribution in [0, 0.1) is 11.8 Å². The number of alkyl halides is 3. The summed E-state index contributed by atoms with van der Waals surface area (Å²) in [6.07, 6.45) is 0.0554. The molecule has 0 amide bonds. The summed E-state index contributed by atoms with van der Waals surface area (Å²) in [6.45, 7) is 4.12. The maximum absolute atomic E-state index is 14.0. The van der Waals surface area contributed by atoms with E-state index in [0.717, 1.165) is 31.2 Å². The van der Waals surface area contributed by atoms with Gasteiger partial charge in [-0.1, -0.05) is 25.1 Å². The van der Waals surface area contributed by atoms with Crippen molar-refractivity contribution < 1.29 is 27.8 Å². The van der Waals surface area contributed by atoms with Gasteiger partial charge in [0.2, 0.25) is 0 Å². The van der Waals surface area contributed by atoms with Gasteiger partial charge in [0.1, 0.15) is 11.3 Å². The molecule has 4 rings (SSSR count). The van der Waals surface area contributed by atoms with Gasteiger partial charge in [0.05, 0.1) is 12.0 Å². The van der Waals surface area contributed by atoms with Crippen molar-refractivity contribution in [2.75, 3.05) is 13.1 Å². The van der Waals surface area contributed by atoms with Crippen LogP contribution < -0.4 is 4.74 Å². The fourth-order valence-corrected chi connectivity index (χ4v) is 4.97. The van der Waals surface area contributed by atoms with E-state index in [0.29, 0.717) is 43.8 Å². The van der Waals surface area contributed by atoms with Crippen LogP contribution >= 0.6 is 0 Å². The Balaban J connectivity index is 1.54. The van der Waals surface area contributed by atoms with E-state index in [4.69, 9.17) is 9.84 Å². The second-order valence-corrected chi connectivity index (χ2v) is 9.38. The second kappa shape index (κ2) is 9.30. The summed E-state index contributed by atoms with van der Waals surface area (Å²) in [5.41, 5.74) is 0.233. The summed E-state index contributed by atoms with van der Waals surface area (Å²) in [5, 5.41) is 9.84. The lowest BCUT2D eigenvalue weighted by molar-refractivity contribution is -0.143. The van der Waals surface area contributed by atoms with Gasteiger partial charge in [-0.25, -0.2) is 0 Å². The molecule has 0 aromatic heterocycles. The van der Waals surface area contributed by atoms with Gasteiger partial charge in [0.15, 0.2) is 0 Å². The highest BCUT2D eigenvalue weighted by Gasteiger charge is 2.37. The van der Waals surface area contributed by atoms with Gasteiger partial charge in [-0.15, -0.1) is 0 Å². The normalized spacial score (nSPS) is 23.4. The van der Waals surface area contributed by atoms with E-state index >= 15 is 0 Å². The van der Waals surface area contributed by atoms with E-state index in [9.17, 15) is 18.0 Å². The van der Waals surface area contributed by atoms with Crippen molar-refractivity contribution in [2.24, 2.45) is 11.8 Å². The van der Waals surface area contributed by atoms with Gasteiger partial charge in [0, 0.05) is 6.54 Å². The van der Waals surface area contributed by atoms with E-state index in [1.165, 1.54) is 6.07 Å². The molecule has 0 spiro atoms. The third kappa shape index (κ3) is 5.20. The van der Waals surface area contributed by atoms with Gasteiger partial charge in [0.25, 0.3) is 0 Å². The molecule has 1 saturated heterocycles. The highest BCUT2D eigenvalue weighted by molar-refractivity contribution is 5.89. The molecule has 2 aromatic carbocycles. The Kier molecular flexibility index (Phi) is 6.65. The molecule has 174 valence electrons. The highest BCUT2D eigenvalue weighted by Crippen LogP contribution is 2.42. The van der Waals surface area contributed by atoms with E-state index in [1.807, 2.05) is 0 Å². The lowest BCUT2D eigenvalue weighted by Crippen LogP contribution is -2.35. The zero-order chi connectivity index (χ0) is 22.9. The zero-order valence-electron chi connectivity index (χ0n) is 18.3. The summed E-state index contributed by atoms with van der Waals surface area (Å²) < 4.78 is 48.0. The van der Waals surface area contributed by atoms with Crippen LogP contribution in [-0.2, 0) is 17.5 Å². The van der Waals surface area contributed by atoms with Crippen LogP contribution in [0.1, 0.15) is 56.6 Å². The van der Waals surface area contributed by atoms with Crippen LogP contribution in [0.25, 0.3) is 10.8 Å². The Hall–Kier alpha value is -2.28. The number of hydrogen-bond acceptors (Lipinski definition) is 3. The van der Waals surface area contributed by atoms with Gasteiger partial charge >= 0.3 is 12.1 Å². The summed E-state index contributed by atoms with van der Waals surface area (Å²) in [5.74, 6) is -0.534. The number of likely N-dealkylation sites (tertiary alicyclic amines) is 1. The summed E-state index contributed by atoms with van der Waals surface area (Å²) in [4.78, 5) is 13.3. The lowest BCUT2D eigenvalue weighted by atomic mass is 9.89. The Bertz CT molecular complexity index is 959. The average molecular weight is 450 g/mol. The third-order valence-corrected chi connectivity index (χ3v) is 6.93. The number of hydrogen-bond donors (Lipinski definition) is 1. The topological polar surface area (TPSA) is 49.8 Å². The molecule has 2 aliphatic rings. The van der Waals surface area contributed by atoms with Crippen molar-refractivity contribution in [3.8, 4) is 5.75 Å². The first-order valence-corrected chi connectivity index (χ1v) is 11.5. The number of rotatable bonds is 5. The minimum Gasteiger partial charge on any atom is -0.490 e. The molecular weight excluding hydrogens is 419 g/mol. The smallest absolute Gasteiger partial charge is 0.420 e. The maximum Gasteiger partial charge on any atom is 0.420 e. The first kappa shape index (κ1) is 22.9. The number of carboxylic acids is 1. The number of carbonyl (C=O) groups is 1. The lowest BCUT2D eigenvalue weighted by Gasteiger charge is -2.30. The summed E-state index contributed by atoms with van der Waals surface area (Å²) >= 11 is 0. The van der Waals surface area contributed by atoms with Crippen molar-refractivity contribution in [1.29, 1.82) is 0 Å². The van der Waals surface area contributed by atoms with E-state index in [1.54, 1.807) is 24.3 Å². The minimum absolute atomic E-state index is 0.0759. The summed E-state index contributed by atoms with van der Waals surface area (Å²) in [6, 6.07) is 8.27. The molecule has 4 nitrogen and oxygen atoms in total. The Morgan fingerprint density at radius 2 is 1.75 bits per heavy atom. The monoisotopic (exact) mass is 449 g/mol. The standard InChI is InChI=1S/C25H30F3NO3/c1-16-2-6-20(7-3-16)32-22-9-5-19-14-17(4-8-21(19)23(22)25(26,27)28)15-29-12-10-18(11-13-29)24(30)31/h4-5,8-9,14,16,18,20H,2-3,6-7,10-13,15H2,1H3,(H,30,31). The maximum atomic E-state index is 14.0. The Morgan fingerprint density at radius 1 is 1.06 bits per heavy atom. The first-order valence-electron chi connectivity index (χ1n) is 11.5. The van der Waals surface area contributed by atoms with Crippen LogP contribution in [0.4, 0.5) is 13.2 Å². The molecule has 2 aromatic rings. The molecule has 0 radical (unpaired) electrons. The molecule has 2 fully saturated rings. The molecule has 1 aliphatic heterocycles. The zero-order valence-corrected chi connectivity index (χ0v) is 18.3. The number of aliphatic carboxylic acids is 1. The molecule has 0 unspecified atom stereocenters. The number of halogens is 3. The first-order chi connectivity index (χ1) is 15.2. The number of carboxylic acid groups (broad SMARTS) is 1. The molecule has 0 atom stereocenters. The second-order valence-electron chi connectivity index (χ2n) is 9.38. The number of nitrogens with zero attached hydrogens (tertiary/aromatic N) is 1. The van der Waals surface area contributed by atoms with Crippen molar-refractivity contribution in [2.45, 2.75) is 64.3 Å². The SMILES string of the molecule is CC1CCC(Oc2ccc3cc(CN4CCC(C(=O)O)CC4)ccc3c2C(F)(F)F)CC1. The van der Waals surface area contributed by atoms with Crippen LogP contribution in [0.3, 0.4) is 0 Å². The highest BCUT2D eigenvalue weighted by atomic mass is 19.4. The van der Waals surface area contributed by atoms with Crippen molar-refractivity contribution >= 4 is 16.7 Å². The summed E-state index contributed by atoms with van der Waals surface area (Å²) in [7, 11) is 0. The molecule has 1 saturated carbocycles. The quantitative estimate of drug-likeness (QED) is 0.598. The number of ether oxygens (including phenoxy) is 1. The van der Waals surface area contributed by atoms with Gasteiger partial charge < -0.3 is 9.84 Å². The predicted molar refractivity (Wildman–Crippen MR) is 117 cm³/mol. The van der Waals surface area contributed by atoms with Crippen molar-refractivity contribution in [1.82, 2.24) is 4.90 Å². The number of fused-ring (bicyclic) bond motifs is 1. The van der Waals surface area contributed by atoms with Crippen LogP contribution in [0.15, 0.2) is 30.3 Å². The molecular formula is C25H30F3NO3. The van der Waals surface area contributed by atoms with Crippen LogP contribution in [0.5, 0.6) is 5.75 Å². The number of piperidine rings is 1. The average Bonchev–Trinajstić information content (AvgIpc) is 2.75. The van der Waals surface area contributed by atoms with Crippen LogP contribution in [0.2, 0.25) is 0 Å². The van der Waals surface area contributed by atoms with Gasteiger partial charge in [-0.05, 0) is 86.0 Å². The van der Waals surface area contributed by atoms with E-state index < -0.39 is 17.7 Å². The van der Waals surface area contributed by atoms with Gasteiger partial charge in [-0.2, -0.15) is 13.2 Å². The van der Waals surface area contributed by atoms with Crippen molar-refractivity contribution in [3.63, 3.8) is 0 Å². The van der Waals surface area contributed by atoms with Crippen molar-refractivity contribution in [3.05, 3.63) is 41.5 Å². The fourth-order valence-electron chi connectivity index (χ4n) is 4.97. The van der Waals surface area contributed by atoms with Crippen LogP contribution in [-0.4, -0.2) is 35.2 Å². The Morgan fingerprint density at radius 3 is 2.38 bits per heavy atom. The fraction of sp³-hybridized carbons (Fsp3) is 0.560. The van der Waals surface area contributed by atoms with Gasteiger partial charge in [-0.3, -0.25) is 9.69 Å². The molecule has 1 N–H and O–H groups in total. The van der Waals surface area contributed by atoms with E-state index in [2.05, 4.69) is 11.8 Å². The molecule has 1 heterocycles. The number of benzene rings is 2. The third-order valence-electron chi connectivity index (χ3n) is 6.93.